The SMILES string of the molecule is Cc1nc(CC2CCCCO2)ncc1C(=O)O. The summed E-state index contributed by atoms with van der Waals surface area (Å²) in [5.74, 6) is -0.317. The molecule has 1 fully saturated rings. The van der Waals surface area contributed by atoms with Crippen molar-refractivity contribution in [2.24, 2.45) is 0 Å². The lowest BCUT2D eigenvalue weighted by Gasteiger charge is -2.21. The zero-order valence-electron chi connectivity index (χ0n) is 9.85. The van der Waals surface area contributed by atoms with Crippen LogP contribution in [0.25, 0.3) is 0 Å². The minimum atomic E-state index is -0.983. The van der Waals surface area contributed by atoms with Gasteiger partial charge in [0.2, 0.25) is 0 Å². The van der Waals surface area contributed by atoms with Crippen LogP contribution in [0.5, 0.6) is 0 Å². The standard InChI is InChI=1S/C12H16N2O3/c1-8-10(12(15)16)7-13-11(14-8)6-9-4-2-3-5-17-9/h7,9H,2-6H2,1H3,(H,15,16). The number of aromatic nitrogens is 2. The van der Waals surface area contributed by atoms with Crippen molar-refractivity contribution in [2.75, 3.05) is 6.61 Å². The number of carboxylic acids is 1. The molecule has 1 aromatic rings. The van der Waals surface area contributed by atoms with Crippen molar-refractivity contribution < 1.29 is 14.6 Å². The predicted octanol–water partition coefficient (Wildman–Crippen LogP) is 1.59. The van der Waals surface area contributed by atoms with Gasteiger partial charge in [0, 0.05) is 19.2 Å². The molecule has 1 aliphatic heterocycles. The Kier molecular flexibility index (Phi) is 3.68. The van der Waals surface area contributed by atoms with Crippen LogP contribution in [0.1, 0.15) is 41.1 Å². The van der Waals surface area contributed by atoms with Crippen molar-refractivity contribution in [3.8, 4) is 0 Å². The first-order valence-electron chi connectivity index (χ1n) is 5.84. The number of aryl methyl sites for hydroxylation is 1. The second-order valence-corrected chi connectivity index (χ2v) is 4.28. The summed E-state index contributed by atoms with van der Waals surface area (Å²) < 4.78 is 5.60. The largest absolute Gasteiger partial charge is 0.478 e. The number of ether oxygens (including phenoxy) is 1. The first-order valence-corrected chi connectivity index (χ1v) is 5.84. The molecule has 0 bridgehead atoms. The highest BCUT2D eigenvalue weighted by Gasteiger charge is 2.17. The van der Waals surface area contributed by atoms with E-state index in [2.05, 4.69) is 9.97 Å². The van der Waals surface area contributed by atoms with Crippen LogP contribution in [-0.2, 0) is 11.2 Å². The van der Waals surface area contributed by atoms with Crippen LogP contribution >= 0.6 is 0 Å². The Morgan fingerprint density at radius 1 is 1.59 bits per heavy atom. The minimum absolute atomic E-state index is 0.165. The second-order valence-electron chi connectivity index (χ2n) is 4.28. The molecule has 1 saturated heterocycles. The third-order valence-corrected chi connectivity index (χ3v) is 2.94. The van der Waals surface area contributed by atoms with Gasteiger partial charge in [-0.25, -0.2) is 14.8 Å². The monoisotopic (exact) mass is 236 g/mol. The molecule has 1 aromatic heterocycles. The van der Waals surface area contributed by atoms with Gasteiger partial charge in [-0.3, -0.25) is 0 Å². The lowest BCUT2D eigenvalue weighted by atomic mass is 10.1. The molecule has 0 aliphatic carbocycles. The van der Waals surface area contributed by atoms with Crippen LogP contribution in [0, 0.1) is 6.92 Å². The zero-order valence-corrected chi connectivity index (χ0v) is 9.85. The van der Waals surface area contributed by atoms with Gasteiger partial charge in [0.05, 0.1) is 17.4 Å². The van der Waals surface area contributed by atoms with E-state index >= 15 is 0 Å². The number of nitrogens with zero attached hydrogens (tertiary/aromatic N) is 2. The van der Waals surface area contributed by atoms with Crippen molar-refractivity contribution in [3.63, 3.8) is 0 Å². The normalized spacial score (nSPS) is 20.2. The fourth-order valence-electron chi connectivity index (χ4n) is 2.00. The Hall–Kier alpha value is -1.49. The smallest absolute Gasteiger partial charge is 0.339 e. The number of rotatable bonds is 3. The second kappa shape index (κ2) is 5.23. The van der Waals surface area contributed by atoms with Crippen LogP contribution in [0.15, 0.2) is 6.20 Å². The Balaban J connectivity index is 2.06. The average molecular weight is 236 g/mol. The molecule has 5 nitrogen and oxygen atoms in total. The molecule has 1 unspecified atom stereocenters. The molecule has 1 aliphatic rings. The molecule has 0 saturated carbocycles. The Labute approximate surface area is 99.9 Å². The van der Waals surface area contributed by atoms with E-state index in [0.717, 1.165) is 19.4 Å². The van der Waals surface area contributed by atoms with Crippen LogP contribution < -0.4 is 0 Å². The molecule has 0 amide bonds. The highest BCUT2D eigenvalue weighted by atomic mass is 16.5. The third kappa shape index (κ3) is 3.00. The topological polar surface area (TPSA) is 72.3 Å². The minimum Gasteiger partial charge on any atom is -0.478 e. The molecule has 0 aromatic carbocycles. The van der Waals surface area contributed by atoms with Crippen molar-refractivity contribution in [1.82, 2.24) is 9.97 Å². The van der Waals surface area contributed by atoms with Gasteiger partial charge in [0.1, 0.15) is 5.82 Å². The maximum absolute atomic E-state index is 10.8. The number of hydrogen-bond acceptors (Lipinski definition) is 4. The van der Waals surface area contributed by atoms with Crippen molar-refractivity contribution in [3.05, 3.63) is 23.3 Å². The number of aromatic carboxylic acids is 1. The van der Waals surface area contributed by atoms with Gasteiger partial charge in [0.25, 0.3) is 0 Å². The van der Waals surface area contributed by atoms with E-state index in [-0.39, 0.29) is 11.7 Å². The van der Waals surface area contributed by atoms with Gasteiger partial charge in [-0.05, 0) is 26.2 Å². The van der Waals surface area contributed by atoms with Gasteiger partial charge in [-0.2, -0.15) is 0 Å². The number of carboxylic acid groups (broad SMARTS) is 1. The van der Waals surface area contributed by atoms with Gasteiger partial charge in [-0.15, -0.1) is 0 Å². The van der Waals surface area contributed by atoms with E-state index in [4.69, 9.17) is 9.84 Å². The van der Waals surface area contributed by atoms with Crippen molar-refractivity contribution in [1.29, 1.82) is 0 Å². The molecular formula is C12H16N2O3. The number of carbonyl (C=O) groups is 1. The van der Waals surface area contributed by atoms with E-state index in [9.17, 15) is 4.79 Å². The summed E-state index contributed by atoms with van der Waals surface area (Å²) in [6.07, 6.45) is 5.55. The first kappa shape index (κ1) is 12.0. The van der Waals surface area contributed by atoms with Gasteiger partial charge in [-0.1, -0.05) is 0 Å². The summed E-state index contributed by atoms with van der Waals surface area (Å²) in [5.41, 5.74) is 0.677. The zero-order chi connectivity index (χ0) is 12.3. The quantitative estimate of drug-likeness (QED) is 0.862. The summed E-state index contributed by atoms with van der Waals surface area (Å²) in [6.45, 7) is 2.49. The average Bonchev–Trinajstić information content (AvgIpc) is 2.30. The highest BCUT2D eigenvalue weighted by Crippen LogP contribution is 2.16. The van der Waals surface area contributed by atoms with Crippen LogP contribution in [-0.4, -0.2) is 33.8 Å². The fourth-order valence-corrected chi connectivity index (χ4v) is 2.00. The van der Waals surface area contributed by atoms with Crippen molar-refractivity contribution >= 4 is 5.97 Å². The first-order chi connectivity index (χ1) is 8.16. The lowest BCUT2D eigenvalue weighted by molar-refractivity contribution is 0.0156. The summed E-state index contributed by atoms with van der Waals surface area (Å²) in [6, 6.07) is 0. The maximum atomic E-state index is 10.8. The summed E-state index contributed by atoms with van der Waals surface area (Å²) in [7, 11) is 0. The molecule has 2 rings (SSSR count). The van der Waals surface area contributed by atoms with Crippen LogP contribution in [0.4, 0.5) is 0 Å². The van der Waals surface area contributed by atoms with E-state index in [1.807, 2.05) is 0 Å². The Morgan fingerprint density at radius 2 is 2.41 bits per heavy atom. The Morgan fingerprint density at radius 3 is 3.00 bits per heavy atom. The molecule has 1 atom stereocenters. The number of hydrogen-bond donors (Lipinski definition) is 1. The van der Waals surface area contributed by atoms with Gasteiger partial charge >= 0.3 is 5.97 Å². The molecule has 0 spiro atoms. The molecular weight excluding hydrogens is 220 g/mol. The van der Waals surface area contributed by atoms with Crippen molar-refractivity contribution in [2.45, 2.75) is 38.7 Å². The summed E-state index contributed by atoms with van der Waals surface area (Å²) in [4.78, 5) is 19.1. The molecule has 0 radical (unpaired) electrons. The molecule has 5 heteroatoms. The predicted molar refractivity (Wildman–Crippen MR) is 61.0 cm³/mol. The van der Waals surface area contributed by atoms with Crippen LogP contribution in [0.2, 0.25) is 0 Å². The van der Waals surface area contributed by atoms with E-state index in [1.165, 1.54) is 12.6 Å². The van der Waals surface area contributed by atoms with Gasteiger partial charge < -0.3 is 9.84 Å². The Bertz CT molecular complexity index is 414. The summed E-state index contributed by atoms with van der Waals surface area (Å²) >= 11 is 0. The summed E-state index contributed by atoms with van der Waals surface area (Å²) in [5, 5.41) is 8.87. The molecule has 17 heavy (non-hydrogen) atoms. The van der Waals surface area contributed by atoms with E-state index in [1.54, 1.807) is 6.92 Å². The molecule has 92 valence electrons. The van der Waals surface area contributed by atoms with Gasteiger partial charge in [0.15, 0.2) is 0 Å². The highest BCUT2D eigenvalue weighted by molar-refractivity contribution is 5.88. The third-order valence-electron chi connectivity index (χ3n) is 2.94. The lowest BCUT2D eigenvalue weighted by Crippen LogP contribution is -2.22. The fraction of sp³-hybridized carbons (Fsp3) is 0.583. The van der Waals surface area contributed by atoms with Crippen LogP contribution in [0.3, 0.4) is 0 Å². The van der Waals surface area contributed by atoms with E-state index < -0.39 is 5.97 Å². The maximum Gasteiger partial charge on any atom is 0.339 e. The molecule has 2 heterocycles. The van der Waals surface area contributed by atoms with E-state index in [0.29, 0.717) is 17.9 Å². The molecule has 1 N–H and O–H groups in total.